The molecule has 0 aliphatic rings. The van der Waals surface area contributed by atoms with Crippen molar-refractivity contribution in [3.8, 4) is 0 Å². The summed E-state index contributed by atoms with van der Waals surface area (Å²) in [7, 11) is 0. The van der Waals surface area contributed by atoms with Gasteiger partial charge in [0.2, 0.25) is 0 Å². The van der Waals surface area contributed by atoms with Crippen molar-refractivity contribution in [1.82, 2.24) is 24.5 Å². The number of nitrogens with zero attached hydrogens (tertiary/aromatic N) is 4. The summed E-state index contributed by atoms with van der Waals surface area (Å²) in [5.41, 5.74) is 2.80. The Morgan fingerprint density at radius 3 is 2.54 bits per heavy atom. The monoisotopic (exact) mass is 375 g/mol. The van der Waals surface area contributed by atoms with E-state index in [1.165, 1.54) is 0 Å². The quantitative estimate of drug-likeness (QED) is 0.581. The summed E-state index contributed by atoms with van der Waals surface area (Å²) < 4.78 is 3.32. The molecule has 0 spiro atoms. The van der Waals surface area contributed by atoms with E-state index in [4.69, 9.17) is 0 Å². The van der Waals surface area contributed by atoms with Crippen LogP contribution in [0.15, 0.2) is 59.5 Å². The molecule has 0 saturated carbocycles. The molecule has 4 aromatic rings. The lowest BCUT2D eigenvalue weighted by atomic mass is 10.2. The highest BCUT2D eigenvalue weighted by Crippen LogP contribution is 2.16. The van der Waals surface area contributed by atoms with Gasteiger partial charge in [-0.05, 0) is 30.2 Å². The Balaban J connectivity index is 1.76. The SMILES string of the molecule is CC(C)Cn1c(=O)c2cc(C(=O)NCc3ccccn3)nn2c2ccccc21. The van der Waals surface area contributed by atoms with Crippen LogP contribution in [0.2, 0.25) is 0 Å². The standard InChI is InChI=1S/C21H21N5O2/c1-14(2)13-25-17-8-3-4-9-18(17)26-19(21(25)28)11-16(24-26)20(27)23-12-15-7-5-6-10-22-15/h3-11,14H,12-13H2,1-2H3,(H,23,27). The topological polar surface area (TPSA) is 81.3 Å². The van der Waals surface area contributed by atoms with Crippen molar-refractivity contribution < 1.29 is 4.79 Å². The van der Waals surface area contributed by atoms with Crippen molar-refractivity contribution in [1.29, 1.82) is 0 Å². The number of fused-ring (bicyclic) bond motifs is 3. The number of aromatic nitrogens is 4. The molecule has 0 aliphatic carbocycles. The molecule has 7 heteroatoms. The summed E-state index contributed by atoms with van der Waals surface area (Å²) in [6, 6.07) is 14.7. The van der Waals surface area contributed by atoms with E-state index in [0.29, 0.717) is 24.5 Å². The fraction of sp³-hybridized carbons (Fsp3) is 0.238. The van der Waals surface area contributed by atoms with Gasteiger partial charge in [0.05, 0.1) is 23.3 Å². The van der Waals surface area contributed by atoms with Crippen molar-refractivity contribution in [3.63, 3.8) is 0 Å². The maximum atomic E-state index is 13.1. The van der Waals surface area contributed by atoms with Crippen LogP contribution in [0.25, 0.3) is 16.6 Å². The van der Waals surface area contributed by atoms with Crippen LogP contribution in [-0.2, 0) is 13.1 Å². The van der Waals surface area contributed by atoms with Gasteiger partial charge in [0.1, 0.15) is 5.52 Å². The highest BCUT2D eigenvalue weighted by molar-refractivity contribution is 5.94. The van der Waals surface area contributed by atoms with Crippen LogP contribution in [0.4, 0.5) is 0 Å². The molecule has 3 aromatic heterocycles. The fourth-order valence-electron chi connectivity index (χ4n) is 3.26. The van der Waals surface area contributed by atoms with Crippen molar-refractivity contribution in [2.45, 2.75) is 26.9 Å². The van der Waals surface area contributed by atoms with Crippen LogP contribution >= 0.6 is 0 Å². The molecule has 142 valence electrons. The Morgan fingerprint density at radius 2 is 1.82 bits per heavy atom. The smallest absolute Gasteiger partial charge is 0.277 e. The number of amides is 1. The molecule has 28 heavy (non-hydrogen) atoms. The average molecular weight is 375 g/mol. The minimum absolute atomic E-state index is 0.149. The summed E-state index contributed by atoms with van der Waals surface area (Å²) >= 11 is 0. The Kier molecular flexibility index (Phi) is 4.65. The second-order valence-electron chi connectivity index (χ2n) is 7.13. The van der Waals surface area contributed by atoms with Crippen molar-refractivity contribution in [2.24, 2.45) is 5.92 Å². The van der Waals surface area contributed by atoms with E-state index in [0.717, 1.165) is 16.7 Å². The van der Waals surface area contributed by atoms with Crippen LogP contribution in [0.5, 0.6) is 0 Å². The normalized spacial score (nSPS) is 11.4. The predicted molar refractivity (Wildman–Crippen MR) is 107 cm³/mol. The molecule has 0 atom stereocenters. The first-order chi connectivity index (χ1) is 13.5. The summed E-state index contributed by atoms with van der Waals surface area (Å²) in [4.78, 5) is 29.8. The lowest BCUT2D eigenvalue weighted by Crippen LogP contribution is -2.25. The zero-order valence-electron chi connectivity index (χ0n) is 15.8. The number of hydrogen-bond acceptors (Lipinski definition) is 4. The second kappa shape index (κ2) is 7.26. The number of para-hydroxylation sites is 2. The van der Waals surface area contributed by atoms with Crippen molar-refractivity contribution >= 4 is 22.5 Å². The highest BCUT2D eigenvalue weighted by Gasteiger charge is 2.17. The van der Waals surface area contributed by atoms with Gasteiger partial charge in [0, 0.05) is 18.8 Å². The summed E-state index contributed by atoms with van der Waals surface area (Å²) in [6.07, 6.45) is 1.68. The minimum atomic E-state index is -0.340. The molecule has 1 aromatic carbocycles. The molecular formula is C21H21N5O2. The predicted octanol–water partition coefficient (Wildman–Crippen LogP) is 2.63. The first-order valence-electron chi connectivity index (χ1n) is 9.24. The molecule has 0 unspecified atom stereocenters. The third kappa shape index (κ3) is 3.26. The first kappa shape index (κ1) is 17.9. The van der Waals surface area contributed by atoms with E-state index in [1.807, 2.05) is 42.5 Å². The maximum Gasteiger partial charge on any atom is 0.277 e. The number of pyridine rings is 1. The molecule has 0 radical (unpaired) electrons. The molecule has 7 nitrogen and oxygen atoms in total. The van der Waals surface area contributed by atoms with E-state index in [-0.39, 0.29) is 17.2 Å². The van der Waals surface area contributed by atoms with E-state index < -0.39 is 0 Å². The minimum Gasteiger partial charge on any atom is -0.345 e. The lowest BCUT2D eigenvalue weighted by molar-refractivity contribution is 0.0945. The second-order valence-corrected chi connectivity index (χ2v) is 7.13. The Hall–Kier alpha value is -3.48. The maximum absolute atomic E-state index is 13.1. The van der Waals surface area contributed by atoms with Gasteiger partial charge in [-0.15, -0.1) is 0 Å². The molecule has 4 rings (SSSR count). The van der Waals surface area contributed by atoms with Gasteiger partial charge in [0.15, 0.2) is 5.69 Å². The van der Waals surface area contributed by atoms with Gasteiger partial charge < -0.3 is 9.88 Å². The van der Waals surface area contributed by atoms with E-state index in [9.17, 15) is 9.59 Å². The molecule has 0 aliphatic heterocycles. The van der Waals surface area contributed by atoms with Crippen LogP contribution < -0.4 is 10.9 Å². The molecule has 0 saturated heterocycles. The largest absolute Gasteiger partial charge is 0.345 e. The summed E-state index contributed by atoms with van der Waals surface area (Å²) in [6.45, 7) is 5.03. The van der Waals surface area contributed by atoms with Gasteiger partial charge in [-0.1, -0.05) is 32.0 Å². The van der Waals surface area contributed by atoms with E-state index in [1.54, 1.807) is 21.3 Å². The fourth-order valence-corrected chi connectivity index (χ4v) is 3.26. The lowest BCUT2D eigenvalue weighted by Gasteiger charge is -2.13. The van der Waals surface area contributed by atoms with E-state index >= 15 is 0 Å². The number of benzene rings is 1. The first-order valence-corrected chi connectivity index (χ1v) is 9.24. The molecule has 0 bridgehead atoms. The average Bonchev–Trinajstić information content (AvgIpc) is 3.16. The van der Waals surface area contributed by atoms with Crippen LogP contribution in [0.1, 0.15) is 30.0 Å². The van der Waals surface area contributed by atoms with Crippen molar-refractivity contribution in [2.75, 3.05) is 0 Å². The van der Waals surface area contributed by atoms with Crippen LogP contribution in [0, 0.1) is 5.92 Å². The van der Waals surface area contributed by atoms with Crippen LogP contribution in [0.3, 0.4) is 0 Å². The van der Waals surface area contributed by atoms with Crippen LogP contribution in [-0.4, -0.2) is 25.1 Å². The van der Waals surface area contributed by atoms with Gasteiger partial charge in [0.25, 0.3) is 11.5 Å². The zero-order chi connectivity index (χ0) is 19.7. The number of hydrogen-bond donors (Lipinski definition) is 1. The molecular weight excluding hydrogens is 354 g/mol. The molecule has 3 heterocycles. The summed E-state index contributed by atoms with van der Waals surface area (Å²) in [5.74, 6) is -0.0270. The summed E-state index contributed by atoms with van der Waals surface area (Å²) in [5, 5.41) is 7.21. The Morgan fingerprint density at radius 1 is 1.07 bits per heavy atom. The highest BCUT2D eigenvalue weighted by atomic mass is 16.2. The molecule has 1 amide bonds. The number of nitrogens with one attached hydrogen (secondary N) is 1. The third-order valence-electron chi connectivity index (χ3n) is 4.51. The zero-order valence-corrected chi connectivity index (χ0v) is 15.8. The van der Waals surface area contributed by atoms with Gasteiger partial charge in [-0.25, -0.2) is 4.52 Å². The third-order valence-corrected chi connectivity index (χ3v) is 4.51. The van der Waals surface area contributed by atoms with E-state index in [2.05, 4.69) is 29.2 Å². The van der Waals surface area contributed by atoms with Gasteiger partial charge in [-0.2, -0.15) is 5.10 Å². The number of carbonyl (C=O) groups excluding carboxylic acids is 1. The van der Waals surface area contributed by atoms with Crippen molar-refractivity contribution in [3.05, 3.63) is 76.5 Å². The number of carbonyl (C=O) groups is 1. The Labute approximate surface area is 161 Å². The molecule has 1 N–H and O–H groups in total. The molecule has 0 fully saturated rings. The van der Waals surface area contributed by atoms with Gasteiger partial charge >= 0.3 is 0 Å². The number of rotatable bonds is 5. The van der Waals surface area contributed by atoms with Gasteiger partial charge in [-0.3, -0.25) is 14.6 Å². The Bertz CT molecular complexity index is 1210.